The molecule has 0 aliphatic rings. The molecule has 58 valence electrons. The van der Waals surface area contributed by atoms with Crippen LogP contribution in [0.25, 0.3) is 0 Å². The molecule has 3 N–H and O–H groups in total. The maximum atomic E-state index is 7.75. The molecule has 0 bridgehead atoms. The average molecular weight is 340 g/mol. The Morgan fingerprint density at radius 1 is 0.909 bits per heavy atom. The molecule has 0 fully saturated rings. The summed E-state index contributed by atoms with van der Waals surface area (Å²) in [6, 6.07) is 12.0. The van der Waals surface area contributed by atoms with Gasteiger partial charge in [0.05, 0.1) is 6.61 Å². The second kappa shape index (κ2) is 12.7. The van der Waals surface area contributed by atoms with Crippen LogP contribution in [-0.4, -0.2) is 18.3 Å². The molecule has 0 radical (unpaired) electrons. The normalized spacial score (nSPS) is 7.09. The van der Waals surface area contributed by atoms with Gasteiger partial charge in [0.2, 0.25) is 0 Å². The van der Waals surface area contributed by atoms with E-state index in [-0.39, 0.29) is 34.3 Å². The van der Waals surface area contributed by atoms with Crippen LogP contribution in [0, 0.1) is 0 Å². The van der Waals surface area contributed by atoms with Gasteiger partial charge in [0, 0.05) is 34.2 Å². The number of nitrogens with two attached hydrogens (primary N) is 1. The average Bonchev–Trinajstić information content (AvgIpc) is 2.08. The number of hydrogen-bond acceptors (Lipinski definition) is 2. The second-order valence-electron chi connectivity index (χ2n) is 1.67. The van der Waals surface area contributed by atoms with E-state index in [1.165, 1.54) is 0 Å². The maximum Gasteiger partial charge on any atom is 0.0553 e. The van der Waals surface area contributed by atoms with Gasteiger partial charge in [-0.15, -0.1) is 0 Å². The van der Waals surface area contributed by atoms with Gasteiger partial charge in [0.1, 0.15) is 0 Å². The van der Waals surface area contributed by atoms with Crippen molar-refractivity contribution in [1.29, 1.82) is 0 Å². The van der Waals surface area contributed by atoms with Crippen molar-refractivity contribution in [3.8, 4) is 0 Å². The summed E-state index contributed by atoms with van der Waals surface area (Å²) in [6.07, 6.45) is 0. The largest absolute Gasteiger partial charge is 0.395 e. The smallest absolute Gasteiger partial charge is 0.0553 e. The van der Waals surface area contributed by atoms with Crippen LogP contribution in [0.4, 0.5) is 0 Å². The van der Waals surface area contributed by atoms with E-state index in [4.69, 9.17) is 10.8 Å². The Labute approximate surface area is 87.9 Å². The van der Waals surface area contributed by atoms with E-state index in [0.717, 1.165) is 0 Å². The Hall–Kier alpha value is 0.0751. The molecule has 0 atom stereocenters. The Kier molecular flexibility index (Phi) is 15.8. The number of benzene rings is 1. The predicted molar refractivity (Wildman–Crippen MR) is 42.6 cm³/mol. The Morgan fingerprint density at radius 2 is 1.09 bits per heavy atom. The van der Waals surface area contributed by atoms with Gasteiger partial charge in [-0.2, -0.15) is 0 Å². The SMILES string of the molecule is NCCO.[Hg].c1ccccc1. The summed E-state index contributed by atoms with van der Waals surface area (Å²) in [5, 5.41) is 7.75. The molecular formula is C8H13HgNO. The summed E-state index contributed by atoms with van der Waals surface area (Å²) < 4.78 is 0. The van der Waals surface area contributed by atoms with Crippen molar-refractivity contribution >= 4 is 0 Å². The first-order valence-corrected chi connectivity index (χ1v) is 3.22. The van der Waals surface area contributed by atoms with E-state index in [1.54, 1.807) is 0 Å². The third-order valence-electron chi connectivity index (χ3n) is 0.796. The van der Waals surface area contributed by atoms with Gasteiger partial charge < -0.3 is 10.8 Å². The van der Waals surface area contributed by atoms with E-state index >= 15 is 0 Å². The molecule has 0 unspecified atom stereocenters. The van der Waals surface area contributed by atoms with Crippen LogP contribution in [0.15, 0.2) is 36.4 Å². The quantitative estimate of drug-likeness (QED) is 0.737. The monoisotopic (exact) mass is 341 g/mol. The van der Waals surface area contributed by atoms with Crippen LogP contribution in [0.2, 0.25) is 0 Å². The first-order valence-electron chi connectivity index (χ1n) is 3.22. The fraction of sp³-hybridized carbons (Fsp3) is 0.250. The van der Waals surface area contributed by atoms with Crippen LogP contribution in [0.5, 0.6) is 0 Å². The summed E-state index contributed by atoms with van der Waals surface area (Å²) in [4.78, 5) is 0. The topological polar surface area (TPSA) is 46.2 Å². The van der Waals surface area contributed by atoms with Crippen molar-refractivity contribution in [3.63, 3.8) is 0 Å². The zero-order chi connectivity index (χ0) is 7.66. The fourth-order valence-corrected chi connectivity index (χ4v) is 0.385. The van der Waals surface area contributed by atoms with E-state index in [2.05, 4.69) is 0 Å². The van der Waals surface area contributed by atoms with Crippen LogP contribution in [-0.2, 0) is 27.7 Å². The van der Waals surface area contributed by atoms with Crippen LogP contribution < -0.4 is 5.73 Å². The zero-order valence-corrected chi connectivity index (χ0v) is 12.1. The van der Waals surface area contributed by atoms with Gasteiger partial charge >= 0.3 is 0 Å². The van der Waals surface area contributed by atoms with Crippen LogP contribution in [0.3, 0.4) is 0 Å². The van der Waals surface area contributed by atoms with Crippen LogP contribution in [0.1, 0.15) is 0 Å². The summed E-state index contributed by atoms with van der Waals surface area (Å²) in [7, 11) is 0. The summed E-state index contributed by atoms with van der Waals surface area (Å²) in [6.45, 7) is 0.472. The van der Waals surface area contributed by atoms with Crippen molar-refractivity contribution < 1.29 is 32.8 Å². The van der Waals surface area contributed by atoms with Gasteiger partial charge in [-0.05, 0) is 0 Å². The van der Waals surface area contributed by atoms with Crippen molar-refractivity contribution in [2.45, 2.75) is 0 Å². The van der Waals surface area contributed by atoms with Crippen molar-refractivity contribution in [1.82, 2.24) is 0 Å². The molecule has 0 saturated carbocycles. The third-order valence-corrected chi connectivity index (χ3v) is 0.796. The van der Waals surface area contributed by atoms with Crippen molar-refractivity contribution in [3.05, 3.63) is 36.4 Å². The molecule has 3 heteroatoms. The number of aliphatic hydroxyl groups is 1. The minimum absolute atomic E-state index is 0. The minimum Gasteiger partial charge on any atom is -0.395 e. The molecule has 0 aliphatic carbocycles. The molecule has 0 amide bonds. The molecule has 0 spiro atoms. The van der Waals surface area contributed by atoms with E-state index in [1.807, 2.05) is 36.4 Å². The van der Waals surface area contributed by atoms with Gasteiger partial charge in [-0.3, -0.25) is 0 Å². The first-order chi connectivity index (χ1) is 4.91. The number of aliphatic hydroxyl groups excluding tert-OH is 1. The zero-order valence-electron chi connectivity index (χ0n) is 6.61. The van der Waals surface area contributed by atoms with E-state index in [9.17, 15) is 0 Å². The van der Waals surface area contributed by atoms with Crippen molar-refractivity contribution in [2.75, 3.05) is 13.2 Å². The summed E-state index contributed by atoms with van der Waals surface area (Å²) >= 11 is 0. The summed E-state index contributed by atoms with van der Waals surface area (Å²) in [5.41, 5.74) is 4.78. The maximum absolute atomic E-state index is 7.75. The molecule has 2 nitrogen and oxygen atoms in total. The van der Waals surface area contributed by atoms with Gasteiger partial charge in [-0.25, -0.2) is 0 Å². The standard InChI is InChI=1S/C6H6.C2H7NO.Hg/c1-2-4-6-5-3-1;3-1-2-4;/h1-6H;4H,1-3H2;. The molecule has 0 saturated heterocycles. The van der Waals surface area contributed by atoms with Gasteiger partial charge in [0.25, 0.3) is 0 Å². The molecule has 0 aliphatic heterocycles. The van der Waals surface area contributed by atoms with Gasteiger partial charge in [0.15, 0.2) is 0 Å². The molecule has 1 rings (SSSR count). The molecule has 0 aromatic heterocycles. The predicted octanol–water partition coefficient (Wildman–Crippen LogP) is 0.621. The Morgan fingerprint density at radius 3 is 1.18 bits per heavy atom. The number of rotatable bonds is 1. The van der Waals surface area contributed by atoms with E-state index < -0.39 is 0 Å². The molecule has 0 heterocycles. The van der Waals surface area contributed by atoms with Crippen LogP contribution >= 0.6 is 0 Å². The van der Waals surface area contributed by atoms with Crippen molar-refractivity contribution in [2.24, 2.45) is 5.73 Å². The fourth-order valence-electron chi connectivity index (χ4n) is 0.385. The third kappa shape index (κ3) is 13.1. The second-order valence-corrected chi connectivity index (χ2v) is 1.67. The molecule has 11 heavy (non-hydrogen) atoms. The van der Waals surface area contributed by atoms with Gasteiger partial charge in [-0.1, -0.05) is 36.4 Å². The number of hydrogen-bond donors (Lipinski definition) is 2. The summed E-state index contributed by atoms with van der Waals surface area (Å²) in [5.74, 6) is 0. The molecule has 1 aromatic carbocycles. The molecule has 1 aromatic rings. The molecular weight excluding hydrogens is 327 g/mol. The Balaban J connectivity index is 0. The first kappa shape index (κ1) is 13.7. The Bertz CT molecular complexity index is 106. The van der Waals surface area contributed by atoms with E-state index in [0.29, 0.717) is 6.54 Å². The minimum atomic E-state index is 0.